The summed E-state index contributed by atoms with van der Waals surface area (Å²) in [5.74, 6) is -0.631. The van der Waals surface area contributed by atoms with E-state index >= 15 is 0 Å². The molecule has 1 N–H and O–H groups in total. The van der Waals surface area contributed by atoms with E-state index in [1.165, 1.54) is 7.11 Å². The van der Waals surface area contributed by atoms with E-state index in [0.717, 1.165) is 43.2 Å². The average Bonchev–Trinajstić information content (AvgIpc) is 3.09. The number of carbonyl (C=O) groups is 2. The predicted molar refractivity (Wildman–Crippen MR) is 127 cm³/mol. The van der Waals surface area contributed by atoms with Crippen molar-refractivity contribution in [2.75, 3.05) is 14.2 Å². The smallest absolute Gasteiger partial charge is 0.295 e. The van der Waals surface area contributed by atoms with Crippen molar-refractivity contribution in [2.45, 2.75) is 51.1 Å². The van der Waals surface area contributed by atoms with Gasteiger partial charge in [0.15, 0.2) is 0 Å². The van der Waals surface area contributed by atoms with Crippen LogP contribution in [0.25, 0.3) is 5.76 Å². The Morgan fingerprint density at radius 1 is 1.03 bits per heavy atom. The molecule has 1 aliphatic carbocycles. The molecule has 1 atom stereocenters. The third-order valence-electron chi connectivity index (χ3n) is 6.53. The Labute approximate surface area is 198 Å². The fourth-order valence-corrected chi connectivity index (χ4v) is 5.31. The summed E-state index contributed by atoms with van der Waals surface area (Å²) < 4.78 is 10.7. The molecule has 2 fully saturated rings. The molecule has 0 aromatic heterocycles. The van der Waals surface area contributed by atoms with Crippen molar-refractivity contribution in [1.82, 2.24) is 4.90 Å². The lowest BCUT2D eigenvalue weighted by atomic mass is 9.90. The third kappa shape index (κ3) is 4.20. The van der Waals surface area contributed by atoms with E-state index in [1.807, 2.05) is 19.1 Å². The topological polar surface area (TPSA) is 76.1 Å². The number of Topliss-reactive ketones (excluding diaryl/α,β-unsaturated/α-hetero) is 1. The molecule has 0 bridgehead atoms. The third-order valence-corrected chi connectivity index (χ3v) is 6.81. The summed E-state index contributed by atoms with van der Waals surface area (Å²) in [6.45, 7) is 1.84. The number of carbonyl (C=O) groups excluding carboxylic acids is 2. The number of ketones is 1. The Balaban J connectivity index is 1.92. The molecule has 1 amide bonds. The van der Waals surface area contributed by atoms with Gasteiger partial charge >= 0.3 is 0 Å². The van der Waals surface area contributed by atoms with Gasteiger partial charge in [-0.3, -0.25) is 9.59 Å². The van der Waals surface area contributed by atoms with Crippen LogP contribution in [0.15, 0.2) is 42.0 Å². The summed E-state index contributed by atoms with van der Waals surface area (Å²) in [5, 5.41) is 11.8. The van der Waals surface area contributed by atoms with E-state index < -0.39 is 17.7 Å². The minimum atomic E-state index is -0.706. The SMILES string of the molecule is COc1ccc(C2/C(=C(\O)c3cc(C)cc(Cl)c3OC)C(=O)C(=O)N2C2CCCCC2)cc1. The van der Waals surface area contributed by atoms with Gasteiger partial charge in [0.1, 0.15) is 17.3 Å². The number of aryl methyl sites for hydroxylation is 1. The lowest BCUT2D eigenvalue weighted by molar-refractivity contribution is -0.141. The quantitative estimate of drug-likeness (QED) is 0.359. The second-order valence-corrected chi connectivity index (χ2v) is 9.01. The van der Waals surface area contributed by atoms with Gasteiger partial charge in [-0.15, -0.1) is 0 Å². The number of hydrogen-bond acceptors (Lipinski definition) is 5. The number of likely N-dealkylation sites (tertiary alicyclic amines) is 1. The first-order chi connectivity index (χ1) is 15.9. The van der Waals surface area contributed by atoms with Crippen LogP contribution in [0.5, 0.6) is 11.5 Å². The highest BCUT2D eigenvalue weighted by Crippen LogP contribution is 2.45. The van der Waals surface area contributed by atoms with E-state index in [1.54, 1.807) is 36.3 Å². The van der Waals surface area contributed by atoms with Crippen molar-refractivity contribution in [3.05, 3.63) is 63.7 Å². The number of halogens is 1. The molecule has 0 radical (unpaired) electrons. The zero-order valence-corrected chi connectivity index (χ0v) is 19.8. The van der Waals surface area contributed by atoms with Crippen LogP contribution in [-0.4, -0.2) is 42.0 Å². The van der Waals surface area contributed by atoms with Crippen LogP contribution in [-0.2, 0) is 9.59 Å². The van der Waals surface area contributed by atoms with Gasteiger partial charge in [-0.2, -0.15) is 0 Å². The number of nitrogens with zero attached hydrogens (tertiary/aromatic N) is 1. The number of aliphatic hydroxyl groups excluding tert-OH is 1. The van der Waals surface area contributed by atoms with Gasteiger partial charge in [0.05, 0.1) is 36.4 Å². The lowest BCUT2D eigenvalue weighted by Crippen LogP contribution is -2.40. The molecule has 2 aromatic carbocycles. The van der Waals surface area contributed by atoms with E-state index in [2.05, 4.69) is 0 Å². The van der Waals surface area contributed by atoms with Crippen LogP contribution >= 0.6 is 11.6 Å². The summed E-state index contributed by atoms with van der Waals surface area (Å²) in [6.07, 6.45) is 4.79. The van der Waals surface area contributed by atoms with E-state index in [9.17, 15) is 14.7 Å². The van der Waals surface area contributed by atoms with E-state index in [4.69, 9.17) is 21.1 Å². The number of ether oxygens (including phenoxy) is 2. The average molecular weight is 470 g/mol. The van der Waals surface area contributed by atoms with Gasteiger partial charge in [0.25, 0.3) is 11.7 Å². The van der Waals surface area contributed by atoms with Crippen molar-refractivity contribution >= 4 is 29.1 Å². The Kier molecular flexibility index (Phi) is 6.66. The van der Waals surface area contributed by atoms with Crippen molar-refractivity contribution in [1.29, 1.82) is 0 Å². The van der Waals surface area contributed by atoms with Gasteiger partial charge in [-0.25, -0.2) is 0 Å². The highest BCUT2D eigenvalue weighted by atomic mass is 35.5. The second-order valence-electron chi connectivity index (χ2n) is 8.60. The number of methoxy groups -OCH3 is 2. The fourth-order valence-electron chi connectivity index (χ4n) is 4.96. The molecule has 33 heavy (non-hydrogen) atoms. The highest BCUT2D eigenvalue weighted by molar-refractivity contribution is 6.46. The summed E-state index contributed by atoms with van der Waals surface area (Å²) in [5.41, 5.74) is 1.88. The van der Waals surface area contributed by atoms with Crippen molar-refractivity contribution in [3.63, 3.8) is 0 Å². The Bertz CT molecular complexity index is 1100. The number of hydrogen-bond donors (Lipinski definition) is 1. The van der Waals surface area contributed by atoms with E-state index in [0.29, 0.717) is 16.3 Å². The summed E-state index contributed by atoms with van der Waals surface area (Å²) >= 11 is 6.35. The summed E-state index contributed by atoms with van der Waals surface area (Å²) in [6, 6.07) is 9.91. The fraction of sp³-hybridized carbons (Fsp3) is 0.385. The number of aliphatic hydroxyl groups is 1. The molecule has 1 saturated carbocycles. The van der Waals surface area contributed by atoms with Crippen molar-refractivity contribution in [2.24, 2.45) is 0 Å². The van der Waals surface area contributed by atoms with Crippen LogP contribution in [0.2, 0.25) is 5.02 Å². The minimum absolute atomic E-state index is 0.0516. The normalized spacial score (nSPS) is 20.8. The maximum Gasteiger partial charge on any atom is 0.295 e. The zero-order valence-electron chi connectivity index (χ0n) is 19.1. The molecule has 7 heteroatoms. The zero-order chi connectivity index (χ0) is 23.7. The molecule has 1 saturated heterocycles. The summed E-state index contributed by atoms with van der Waals surface area (Å²) in [7, 11) is 3.03. The van der Waals surface area contributed by atoms with Crippen molar-refractivity contribution < 1.29 is 24.2 Å². The van der Waals surface area contributed by atoms with E-state index in [-0.39, 0.29) is 23.1 Å². The molecular formula is C26H28ClNO5. The van der Waals surface area contributed by atoms with Crippen LogP contribution < -0.4 is 9.47 Å². The first-order valence-electron chi connectivity index (χ1n) is 11.2. The molecular weight excluding hydrogens is 442 g/mol. The Morgan fingerprint density at radius 2 is 1.70 bits per heavy atom. The number of rotatable bonds is 5. The van der Waals surface area contributed by atoms with Gasteiger partial charge in [0.2, 0.25) is 0 Å². The first kappa shape index (κ1) is 23.2. The first-order valence-corrected chi connectivity index (χ1v) is 11.5. The molecule has 174 valence electrons. The maximum atomic E-state index is 13.3. The lowest BCUT2D eigenvalue weighted by Gasteiger charge is -2.35. The molecule has 4 rings (SSSR count). The minimum Gasteiger partial charge on any atom is -0.507 e. The monoisotopic (exact) mass is 469 g/mol. The second kappa shape index (κ2) is 9.48. The molecule has 6 nitrogen and oxygen atoms in total. The van der Waals surface area contributed by atoms with Gasteiger partial charge < -0.3 is 19.5 Å². The Morgan fingerprint density at radius 3 is 2.30 bits per heavy atom. The van der Waals surface area contributed by atoms with Gasteiger partial charge in [-0.05, 0) is 55.2 Å². The van der Waals surface area contributed by atoms with Crippen LogP contribution in [0, 0.1) is 6.92 Å². The van der Waals surface area contributed by atoms with Gasteiger partial charge in [0, 0.05) is 6.04 Å². The largest absolute Gasteiger partial charge is 0.507 e. The number of benzene rings is 2. The summed E-state index contributed by atoms with van der Waals surface area (Å²) in [4.78, 5) is 28.3. The molecule has 1 aliphatic heterocycles. The number of amides is 1. The Hall–Kier alpha value is -2.99. The maximum absolute atomic E-state index is 13.3. The van der Waals surface area contributed by atoms with Crippen LogP contribution in [0.1, 0.15) is 54.8 Å². The van der Waals surface area contributed by atoms with Crippen LogP contribution in [0.4, 0.5) is 0 Å². The van der Waals surface area contributed by atoms with Gasteiger partial charge in [-0.1, -0.05) is 43.0 Å². The predicted octanol–water partition coefficient (Wildman–Crippen LogP) is 5.42. The molecule has 2 aliphatic rings. The van der Waals surface area contributed by atoms with Crippen molar-refractivity contribution in [3.8, 4) is 11.5 Å². The standard InChI is InChI=1S/C26H28ClNO5/c1-15-13-19(25(33-3)20(27)14-15)23(29)21-22(16-9-11-18(32-2)12-10-16)28(26(31)24(21)30)17-7-5-4-6-8-17/h9-14,17,22,29H,4-8H2,1-3H3/b23-21+. The molecule has 1 heterocycles. The molecule has 1 unspecified atom stereocenters. The molecule has 2 aromatic rings. The molecule has 0 spiro atoms. The highest BCUT2D eigenvalue weighted by Gasteiger charge is 2.49. The van der Waals surface area contributed by atoms with Crippen LogP contribution in [0.3, 0.4) is 0 Å².